The van der Waals surface area contributed by atoms with E-state index in [1.54, 1.807) is 6.20 Å². The van der Waals surface area contributed by atoms with E-state index in [2.05, 4.69) is 39.2 Å². The number of nitrogens with zero attached hydrogens (tertiary/aromatic N) is 4. The average molecular weight is 357 g/mol. The summed E-state index contributed by atoms with van der Waals surface area (Å²) in [5.74, 6) is 0.674. The van der Waals surface area contributed by atoms with Crippen molar-refractivity contribution < 1.29 is 9.32 Å². The topological polar surface area (TPSA) is 74.5 Å². The smallest absolute Gasteiger partial charge is 0.220 e. The number of hydrogen-bond donors (Lipinski definition) is 1. The van der Waals surface area contributed by atoms with E-state index in [1.165, 1.54) is 0 Å². The number of pyridine rings is 1. The second kappa shape index (κ2) is 8.91. The van der Waals surface area contributed by atoms with Gasteiger partial charge in [-0.05, 0) is 32.5 Å². The predicted octanol–water partition coefficient (Wildman–Crippen LogP) is 1.77. The molecule has 3 heterocycles. The average Bonchev–Trinajstić information content (AvgIpc) is 3.15. The first kappa shape index (κ1) is 18.5. The third kappa shape index (κ3) is 5.12. The summed E-state index contributed by atoms with van der Waals surface area (Å²) in [6.45, 7) is 6.90. The number of aromatic nitrogens is 2. The van der Waals surface area contributed by atoms with Gasteiger partial charge in [0.1, 0.15) is 5.69 Å². The highest BCUT2D eigenvalue weighted by Gasteiger charge is 2.19. The molecule has 1 aliphatic heterocycles. The summed E-state index contributed by atoms with van der Waals surface area (Å²) in [6, 6.07) is 7.87. The van der Waals surface area contributed by atoms with Gasteiger partial charge in [-0.25, -0.2) is 0 Å². The Morgan fingerprint density at radius 2 is 2.08 bits per heavy atom. The largest absolute Gasteiger partial charge is 0.359 e. The molecule has 0 saturated carbocycles. The van der Waals surface area contributed by atoms with Crippen LogP contribution >= 0.6 is 0 Å². The first-order valence-electron chi connectivity index (χ1n) is 9.18. The van der Waals surface area contributed by atoms with Gasteiger partial charge in [0.05, 0.1) is 12.2 Å². The maximum absolute atomic E-state index is 12.1. The van der Waals surface area contributed by atoms with Gasteiger partial charge >= 0.3 is 0 Å². The van der Waals surface area contributed by atoms with Gasteiger partial charge in [0.15, 0.2) is 5.76 Å². The van der Waals surface area contributed by atoms with Crippen molar-refractivity contribution in [2.24, 2.45) is 0 Å². The van der Waals surface area contributed by atoms with E-state index in [0.717, 1.165) is 38.3 Å². The second-order valence-electron chi connectivity index (χ2n) is 6.90. The van der Waals surface area contributed by atoms with Crippen molar-refractivity contribution in [1.29, 1.82) is 0 Å². The quantitative estimate of drug-likeness (QED) is 0.814. The summed E-state index contributed by atoms with van der Waals surface area (Å²) in [5.41, 5.74) is 1.44. The van der Waals surface area contributed by atoms with Gasteiger partial charge in [-0.2, -0.15) is 0 Å². The number of rotatable bonds is 7. The lowest BCUT2D eigenvalue weighted by Gasteiger charge is -2.36. The molecule has 1 N–H and O–H groups in total. The fourth-order valence-corrected chi connectivity index (χ4v) is 3.09. The fraction of sp³-hybridized carbons (Fsp3) is 0.526. The zero-order valence-electron chi connectivity index (χ0n) is 15.5. The first-order valence-corrected chi connectivity index (χ1v) is 9.18. The highest BCUT2D eigenvalue weighted by molar-refractivity contribution is 5.75. The molecule has 0 aliphatic carbocycles. The number of piperazine rings is 1. The summed E-state index contributed by atoms with van der Waals surface area (Å²) in [4.78, 5) is 21.2. The van der Waals surface area contributed by atoms with Crippen LogP contribution in [0.2, 0.25) is 0 Å². The molecule has 140 valence electrons. The third-order valence-electron chi connectivity index (χ3n) is 4.90. The molecule has 7 nitrogen and oxygen atoms in total. The Morgan fingerprint density at radius 3 is 2.81 bits per heavy atom. The molecule has 1 aliphatic rings. The minimum Gasteiger partial charge on any atom is -0.359 e. The highest BCUT2D eigenvalue weighted by atomic mass is 16.5. The molecule has 0 spiro atoms. The fourth-order valence-electron chi connectivity index (χ4n) is 3.09. The van der Waals surface area contributed by atoms with Gasteiger partial charge in [-0.15, -0.1) is 0 Å². The Labute approximate surface area is 154 Å². The molecule has 26 heavy (non-hydrogen) atoms. The van der Waals surface area contributed by atoms with Crippen LogP contribution in [0.15, 0.2) is 35.0 Å². The first-order chi connectivity index (χ1) is 12.6. The number of nitrogens with one attached hydrogen (secondary N) is 1. The van der Waals surface area contributed by atoms with E-state index in [1.807, 2.05) is 24.3 Å². The minimum absolute atomic E-state index is 0.0433. The molecule has 3 rings (SSSR count). The maximum atomic E-state index is 12.1. The van der Waals surface area contributed by atoms with Crippen LogP contribution < -0.4 is 5.32 Å². The van der Waals surface area contributed by atoms with Crippen molar-refractivity contribution in [2.45, 2.75) is 32.4 Å². The van der Waals surface area contributed by atoms with E-state index in [0.29, 0.717) is 30.5 Å². The lowest BCUT2D eigenvalue weighted by atomic mass is 10.1. The number of likely N-dealkylation sites (N-methyl/N-ethyl adjacent to an activating group) is 1. The maximum Gasteiger partial charge on any atom is 0.220 e. The van der Waals surface area contributed by atoms with Crippen molar-refractivity contribution in [1.82, 2.24) is 25.3 Å². The zero-order valence-corrected chi connectivity index (χ0v) is 15.5. The summed E-state index contributed by atoms with van der Waals surface area (Å²) in [6.07, 6.45) is 3.10. The number of amides is 1. The number of carbonyl (C=O) groups excluding carboxylic acids is 1. The minimum atomic E-state index is 0.0433. The zero-order chi connectivity index (χ0) is 18.4. The van der Waals surface area contributed by atoms with Crippen molar-refractivity contribution in [2.75, 3.05) is 33.2 Å². The van der Waals surface area contributed by atoms with Crippen LogP contribution in [0.25, 0.3) is 11.4 Å². The van der Waals surface area contributed by atoms with Crippen LogP contribution in [-0.2, 0) is 11.3 Å². The molecule has 0 bridgehead atoms. The molecular weight excluding hydrogens is 330 g/mol. The van der Waals surface area contributed by atoms with Crippen LogP contribution in [-0.4, -0.2) is 65.1 Å². The SMILES string of the molecule is CC(CCC(=O)NCc1cc(-c2ccccn2)no1)N1CCN(C)CC1. The Morgan fingerprint density at radius 1 is 1.27 bits per heavy atom. The van der Waals surface area contributed by atoms with E-state index < -0.39 is 0 Å². The second-order valence-corrected chi connectivity index (χ2v) is 6.90. The predicted molar refractivity (Wildman–Crippen MR) is 99.3 cm³/mol. The van der Waals surface area contributed by atoms with Gasteiger partial charge in [-0.3, -0.25) is 14.7 Å². The molecule has 1 unspecified atom stereocenters. The Kier molecular flexibility index (Phi) is 6.35. The highest BCUT2D eigenvalue weighted by Crippen LogP contribution is 2.16. The molecule has 1 amide bonds. The van der Waals surface area contributed by atoms with Crippen LogP contribution in [0.1, 0.15) is 25.5 Å². The van der Waals surface area contributed by atoms with Gasteiger partial charge in [0.2, 0.25) is 5.91 Å². The summed E-state index contributed by atoms with van der Waals surface area (Å²) < 4.78 is 5.28. The van der Waals surface area contributed by atoms with Crippen LogP contribution in [0, 0.1) is 0 Å². The summed E-state index contributed by atoms with van der Waals surface area (Å²) in [7, 11) is 2.15. The standard InChI is InChI=1S/C19H27N5O2/c1-15(24-11-9-23(2)10-12-24)6-7-19(25)21-14-16-13-18(22-26-16)17-5-3-4-8-20-17/h3-5,8,13,15H,6-7,9-12,14H2,1-2H3,(H,21,25). The third-order valence-corrected chi connectivity index (χ3v) is 4.90. The lowest BCUT2D eigenvalue weighted by molar-refractivity contribution is -0.121. The summed E-state index contributed by atoms with van der Waals surface area (Å²) >= 11 is 0. The number of carbonyl (C=O) groups is 1. The molecule has 0 radical (unpaired) electrons. The normalized spacial score (nSPS) is 17.2. The van der Waals surface area contributed by atoms with Crippen molar-refractivity contribution in [3.63, 3.8) is 0 Å². The molecule has 1 saturated heterocycles. The molecule has 2 aromatic rings. The van der Waals surface area contributed by atoms with Crippen LogP contribution in [0.5, 0.6) is 0 Å². The molecule has 0 aromatic carbocycles. The Balaban J connectivity index is 1.40. The molecular formula is C19H27N5O2. The molecule has 2 aromatic heterocycles. The van der Waals surface area contributed by atoms with E-state index in [9.17, 15) is 4.79 Å². The van der Waals surface area contributed by atoms with Gasteiger partial charge in [0, 0.05) is 50.9 Å². The van der Waals surface area contributed by atoms with Gasteiger partial charge in [0.25, 0.3) is 0 Å². The van der Waals surface area contributed by atoms with Crippen LogP contribution in [0.3, 0.4) is 0 Å². The van der Waals surface area contributed by atoms with Crippen molar-refractivity contribution in [3.8, 4) is 11.4 Å². The summed E-state index contributed by atoms with van der Waals surface area (Å²) in [5, 5.41) is 6.92. The monoisotopic (exact) mass is 357 g/mol. The lowest BCUT2D eigenvalue weighted by Crippen LogP contribution is -2.48. The molecule has 1 atom stereocenters. The Hall–Kier alpha value is -2.25. The van der Waals surface area contributed by atoms with Gasteiger partial charge < -0.3 is 14.7 Å². The van der Waals surface area contributed by atoms with Crippen molar-refractivity contribution in [3.05, 3.63) is 36.2 Å². The van der Waals surface area contributed by atoms with E-state index in [4.69, 9.17) is 4.52 Å². The number of hydrogen-bond acceptors (Lipinski definition) is 6. The van der Waals surface area contributed by atoms with Gasteiger partial charge in [-0.1, -0.05) is 11.2 Å². The van der Waals surface area contributed by atoms with Crippen LogP contribution in [0.4, 0.5) is 0 Å². The van der Waals surface area contributed by atoms with E-state index >= 15 is 0 Å². The van der Waals surface area contributed by atoms with E-state index in [-0.39, 0.29) is 5.91 Å². The molecule has 1 fully saturated rings. The Bertz CT molecular complexity index is 695. The molecule has 7 heteroatoms. The van der Waals surface area contributed by atoms with Crippen molar-refractivity contribution >= 4 is 5.91 Å².